The predicted molar refractivity (Wildman–Crippen MR) is 89.2 cm³/mol. The van der Waals surface area contributed by atoms with Crippen LogP contribution in [0.15, 0.2) is 23.0 Å². The van der Waals surface area contributed by atoms with Gasteiger partial charge in [0.15, 0.2) is 0 Å². The second kappa shape index (κ2) is 4.56. The van der Waals surface area contributed by atoms with Crippen LogP contribution in [0.25, 0.3) is 0 Å². The Morgan fingerprint density at radius 2 is 2.04 bits per heavy atom. The highest BCUT2D eigenvalue weighted by Gasteiger charge is 2.74. The lowest BCUT2D eigenvalue weighted by Crippen LogP contribution is -2.60. The fourth-order valence-electron chi connectivity index (χ4n) is 6.64. The number of hydrogen-bond donors (Lipinski definition) is 2. The minimum Gasteiger partial charge on any atom is -0.423 e. The van der Waals surface area contributed by atoms with Crippen LogP contribution >= 0.6 is 0 Å². The van der Waals surface area contributed by atoms with E-state index in [1.165, 1.54) is 0 Å². The molecule has 0 aromatic rings. The third-order valence-electron chi connectivity index (χ3n) is 8.19. The van der Waals surface area contributed by atoms with Gasteiger partial charge < -0.3 is 19.7 Å². The number of aliphatic hydroxyl groups excluding tert-OH is 2. The van der Waals surface area contributed by atoms with Crippen LogP contribution in [0.4, 0.5) is 0 Å². The highest BCUT2D eigenvalue weighted by Crippen LogP contribution is 2.71. The molecule has 7 atom stereocenters. The molecule has 5 rings (SSSR count). The summed E-state index contributed by atoms with van der Waals surface area (Å²) in [5, 5.41) is 20.7. The Hall–Kier alpha value is -1.17. The zero-order valence-corrected chi connectivity index (χ0v) is 15.0. The van der Waals surface area contributed by atoms with E-state index in [1.54, 1.807) is 0 Å². The molecule has 5 aliphatic rings. The average molecular weight is 346 g/mol. The normalized spacial score (nSPS) is 53.3. The van der Waals surface area contributed by atoms with Crippen molar-refractivity contribution in [2.24, 2.45) is 22.7 Å². The molecule has 3 fully saturated rings. The molecule has 7 unspecified atom stereocenters. The smallest absolute Gasteiger partial charge is 0.339 e. The topological polar surface area (TPSA) is 79.3 Å². The predicted octanol–water partition coefficient (Wildman–Crippen LogP) is 2.08. The highest BCUT2D eigenvalue weighted by molar-refractivity contribution is 5.94. The Balaban J connectivity index is 1.62. The zero-order valence-electron chi connectivity index (χ0n) is 15.0. The van der Waals surface area contributed by atoms with Crippen LogP contribution in [-0.2, 0) is 14.3 Å². The van der Waals surface area contributed by atoms with E-state index in [-0.39, 0.29) is 41.5 Å². The summed E-state index contributed by atoms with van der Waals surface area (Å²) in [6.45, 7) is 6.11. The van der Waals surface area contributed by atoms with Gasteiger partial charge >= 0.3 is 5.97 Å². The van der Waals surface area contributed by atoms with Gasteiger partial charge in [-0.15, -0.1) is 0 Å². The van der Waals surface area contributed by atoms with Crippen LogP contribution in [0.5, 0.6) is 0 Å². The summed E-state index contributed by atoms with van der Waals surface area (Å²) in [6.07, 6.45) is 5.03. The van der Waals surface area contributed by atoms with Gasteiger partial charge in [0, 0.05) is 22.5 Å². The van der Waals surface area contributed by atoms with Gasteiger partial charge in [0.05, 0.1) is 12.7 Å². The lowest BCUT2D eigenvalue weighted by molar-refractivity contribution is -0.167. The van der Waals surface area contributed by atoms with Crippen molar-refractivity contribution in [2.45, 2.75) is 64.3 Å². The first-order chi connectivity index (χ1) is 11.8. The summed E-state index contributed by atoms with van der Waals surface area (Å²) in [6, 6.07) is 0. The maximum atomic E-state index is 12.0. The molecule has 0 radical (unpaired) electrons. The summed E-state index contributed by atoms with van der Waals surface area (Å²) in [7, 11) is 0. The Bertz CT molecular complexity index is 738. The van der Waals surface area contributed by atoms with Crippen molar-refractivity contribution in [2.75, 3.05) is 6.61 Å². The standard InChI is InChI=1S/C20H26O5/c1-10-15-11(24-17(10)23)8-13-18(2)6-5-14(22)19(3,9-21)12(18)4-7-20(13)16(15)25-20/h8,12-14,16,21-22H,4-7,9H2,1-3H3. The number of ether oxygens (including phenoxy) is 2. The maximum absolute atomic E-state index is 12.0. The van der Waals surface area contributed by atoms with E-state index in [0.29, 0.717) is 17.8 Å². The molecule has 0 aromatic heterocycles. The molecule has 0 amide bonds. The van der Waals surface area contributed by atoms with E-state index in [0.717, 1.165) is 24.8 Å². The van der Waals surface area contributed by atoms with E-state index in [4.69, 9.17) is 9.47 Å². The van der Waals surface area contributed by atoms with E-state index < -0.39 is 11.5 Å². The molecule has 136 valence electrons. The van der Waals surface area contributed by atoms with Crippen molar-refractivity contribution in [1.29, 1.82) is 0 Å². The van der Waals surface area contributed by atoms with Crippen LogP contribution in [0.2, 0.25) is 0 Å². The summed E-state index contributed by atoms with van der Waals surface area (Å²) in [4.78, 5) is 12.0. The number of epoxide rings is 1. The lowest BCUT2D eigenvalue weighted by atomic mass is 9.44. The Morgan fingerprint density at radius 1 is 1.28 bits per heavy atom. The molecule has 2 aliphatic heterocycles. The summed E-state index contributed by atoms with van der Waals surface area (Å²) in [5.74, 6) is 0.796. The quantitative estimate of drug-likeness (QED) is 0.561. The zero-order chi connectivity index (χ0) is 17.8. The van der Waals surface area contributed by atoms with Gasteiger partial charge in [0.25, 0.3) is 0 Å². The fraction of sp³-hybridized carbons (Fsp3) is 0.750. The van der Waals surface area contributed by atoms with Gasteiger partial charge in [-0.2, -0.15) is 0 Å². The SMILES string of the molecule is CC1=C2C(=CC3C4(C)CCC(O)C(C)(CO)C4CCC34OC24)OC1=O. The number of carbonyl (C=O) groups excluding carboxylic acids is 1. The third kappa shape index (κ3) is 1.68. The number of hydrogen-bond acceptors (Lipinski definition) is 5. The van der Waals surface area contributed by atoms with Crippen LogP contribution < -0.4 is 0 Å². The first kappa shape index (κ1) is 16.0. The Morgan fingerprint density at radius 3 is 2.76 bits per heavy atom. The highest BCUT2D eigenvalue weighted by atomic mass is 16.6. The van der Waals surface area contributed by atoms with Gasteiger partial charge in [-0.1, -0.05) is 13.8 Å². The Labute approximate surface area is 147 Å². The number of carbonyl (C=O) groups is 1. The molecule has 2 N–H and O–H groups in total. The number of rotatable bonds is 1. The van der Waals surface area contributed by atoms with Crippen LogP contribution in [0.1, 0.15) is 46.5 Å². The third-order valence-corrected chi connectivity index (χ3v) is 8.19. The lowest BCUT2D eigenvalue weighted by Gasteiger charge is -2.60. The van der Waals surface area contributed by atoms with Gasteiger partial charge in [-0.05, 0) is 50.0 Å². The number of esters is 1. The average Bonchev–Trinajstić information content (AvgIpc) is 3.23. The van der Waals surface area contributed by atoms with Crippen LogP contribution in [0, 0.1) is 22.7 Å². The molecule has 3 aliphatic carbocycles. The first-order valence-electron chi connectivity index (χ1n) is 9.40. The molecule has 1 saturated heterocycles. The van der Waals surface area contributed by atoms with Crippen molar-refractivity contribution < 1.29 is 24.5 Å². The molecule has 0 aromatic carbocycles. The largest absolute Gasteiger partial charge is 0.423 e. The van der Waals surface area contributed by atoms with Gasteiger partial charge in [0.2, 0.25) is 0 Å². The van der Waals surface area contributed by atoms with E-state index in [9.17, 15) is 15.0 Å². The van der Waals surface area contributed by atoms with Crippen molar-refractivity contribution in [3.05, 3.63) is 23.0 Å². The first-order valence-corrected chi connectivity index (χ1v) is 9.40. The molecule has 5 nitrogen and oxygen atoms in total. The van der Waals surface area contributed by atoms with Crippen molar-refractivity contribution in [3.63, 3.8) is 0 Å². The molecule has 2 saturated carbocycles. The van der Waals surface area contributed by atoms with Crippen LogP contribution in [0.3, 0.4) is 0 Å². The second-order valence-corrected chi connectivity index (χ2v) is 9.21. The van der Waals surface area contributed by atoms with Gasteiger partial charge in [0.1, 0.15) is 17.5 Å². The molecule has 1 spiro atoms. The van der Waals surface area contributed by atoms with E-state index in [2.05, 4.69) is 13.0 Å². The molecule has 5 heteroatoms. The van der Waals surface area contributed by atoms with Crippen LogP contribution in [-0.4, -0.2) is 40.6 Å². The molecule has 2 heterocycles. The summed E-state index contributed by atoms with van der Waals surface area (Å²) >= 11 is 0. The summed E-state index contributed by atoms with van der Waals surface area (Å²) in [5.41, 5.74) is 0.834. The van der Waals surface area contributed by atoms with Gasteiger partial charge in [-0.3, -0.25) is 0 Å². The monoisotopic (exact) mass is 346 g/mol. The van der Waals surface area contributed by atoms with E-state index in [1.807, 2.05) is 13.8 Å². The minimum atomic E-state index is -0.490. The maximum Gasteiger partial charge on any atom is 0.339 e. The molecular weight excluding hydrogens is 320 g/mol. The van der Waals surface area contributed by atoms with Crippen molar-refractivity contribution in [1.82, 2.24) is 0 Å². The van der Waals surface area contributed by atoms with Crippen molar-refractivity contribution >= 4 is 5.97 Å². The number of fused-ring (bicyclic) bond motifs is 4. The van der Waals surface area contributed by atoms with Crippen molar-refractivity contribution in [3.8, 4) is 0 Å². The second-order valence-electron chi connectivity index (χ2n) is 9.21. The molecule has 25 heavy (non-hydrogen) atoms. The molecular formula is C20H26O5. The molecule has 0 bridgehead atoms. The number of aliphatic hydroxyl groups is 2. The Kier molecular flexibility index (Phi) is 2.93. The fourth-order valence-corrected chi connectivity index (χ4v) is 6.64. The van der Waals surface area contributed by atoms with Gasteiger partial charge in [-0.25, -0.2) is 4.79 Å². The summed E-state index contributed by atoms with van der Waals surface area (Å²) < 4.78 is 11.8. The van der Waals surface area contributed by atoms with E-state index >= 15 is 0 Å². The minimum absolute atomic E-state index is 0.00571.